The van der Waals surface area contributed by atoms with Gasteiger partial charge in [0, 0.05) is 45.2 Å². The number of ether oxygens (including phenoxy) is 1. The Balaban J connectivity index is 2.12. The first-order chi connectivity index (χ1) is 12.5. The van der Waals surface area contributed by atoms with E-state index in [0.717, 1.165) is 0 Å². The molecule has 0 aromatic carbocycles. The molecular formula is C17H25N5O4. The van der Waals surface area contributed by atoms with Crippen LogP contribution in [0.15, 0.2) is 18.6 Å². The number of carbonyl (C=O) groups excluding carboxylic acids is 3. The monoisotopic (exact) mass is 363 g/mol. The fraction of sp³-hybridized carbons (Fsp3) is 0.588. The first-order valence-corrected chi connectivity index (χ1v) is 8.65. The normalized spacial score (nSPS) is 19.3. The lowest BCUT2D eigenvalue weighted by molar-refractivity contribution is -0.145. The third-order valence-corrected chi connectivity index (χ3v) is 4.38. The first kappa shape index (κ1) is 19.8. The van der Waals surface area contributed by atoms with Gasteiger partial charge in [-0.1, -0.05) is 0 Å². The van der Waals surface area contributed by atoms with Gasteiger partial charge in [0.2, 0.25) is 11.8 Å². The number of likely N-dealkylation sites (N-methyl/N-ethyl adjacent to an activating group) is 1. The summed E-state index contributed by atoms with van der Waals surface area (Å²) in [7, 11) is 1.43. The number of hydrogen-bond donors (Lipinski definition) is 1. The van der Waals surface area contributed by atoms with Crippen LogP contribution >= 0.6 is 0 Å². The van der Waals surface area contributed by atoms with E-state index in [9.17, 15) is 14.4 Å². The van der Waals surface area contributed by atoms with Crippen LogP contribution in [0.4, 0.5) is 0 Å². The van der Waals surface area contributed by atoms with Crippen LogP contribution in [-0.4, -0.2) is 82.9 Å². The third-order valence-electron chi connectivity index (χ3n) is 4.38. The van der Waals surface area contributed by atoms with Crippen LogP contribution in [-0.2, 0) is 14.3 Å². The van der Waals surface area contributed by atoms with Crippen molar-refractivity contribution in [1.82, 2.24) is 25.1 Å². The fourth-order valence-electron chi connectivity index (χ4n) is 3.08. The number of nitrogens with zero attached hydrogens (tertiary/aromatic N) is 4. The summed E-state index contributed by atoms with van der Waals surface area (Å²) in [6.45, 7) is 5.07. The van der Waals surface area contributed by atoms with Gasteiger partial charge in [-0.3, -0.25) is 19.4 Å². The van der Waals surface area contributed by atoms with Crippen molar-refractivity contribution in [2.45, 2.75) is 32.4 Å². The number of rotatable bonds is 7. The Labute approximate surface area is 152 Å². The van der Waals surface area contributed by atoms with Gasteiger partial charge < -0.3 is 19.9 Å². The Bertz CT molecular complexity index is 635. The molecule has 0 aliphatic carbocycles. The summed E-state index contributed by atoms with van der Waals surface area (Å²) in [6, 6.07) is -0.945. The Morgan fingerprint density at radius 1 is 1.31 bits per heavy atom. The SMILES string of the molecule is CCN(CC)C(=O)[C@@H]1C[C@@H](NC(=O)c2cnccn2)CN1C(=O)COC. The second-order valence-electron chi connectivity index (χ2n) is 6.00. The highest BCUT2D eigenvalue weighted by atomic mass is 16.5. The molecule has 1 aromatic heterocycles. The van der Waals surface area contributed by atoms with Crippen molar-refractivity contribution >= 4 is 17.7 Å². The van der Waals surface area contributed by atoms with E-state index in [1.807, 2.05) is 13.8 Å². The molecule has 26 heavy (non-hydrogen) atoms. The summed E-state index contributed by atoms with van der Waals surface area (Å²) in [5.74, 6) is -0.761. The summed E-state index contributed by atoms with van der Waals surface area (Å²) < 4.78 is 4.92. The van der Waals surface area contributed by atoms with Crippen molar-refractivity contribution in [1.29, 1.82) is 0 Å². The van der Waals surface area contributed by atoms with Crippen molar-refractivity contribution in [3.05, 3.63) is 24.3 Å². The van der Waals surface area contributed by atoms with Crippen LogP contribution in [0.3, 0.4) is 0 Å². The van der Waals surface area contributed by atoms with Crippen molar-refractivity contribution in [2.75, 3.05) is 33.4 Å². The number of aromatic nitrogens is 2. The predicted octanol–water partition coefficient (Wildman–Crippen LogP) is -0.309. The molecule has 2 heterocycles. The standard InChI is InChI=1S/C17H25N5O4/c1-4-21(5-2)17(25)14-8-12(10-22(14)15(23)11-26-3)20-16(24)13-9-18-6-7-19-13/h6-7,9,12,14H,4-5,8,10-11H2,1-3H3,(H,20,24)/t12-,14+/m1/s1. The number of carbonyl (C=O) groups is 3. The molecule has 0 bridgehead atoms. The molecule has 0 radical (unpaired) electrons. The van der Waals surface area contributed by atoms with Crippen LogP contribution in [0.2, 0.25) is 0 Å². The molecule has 0 saturated carbocycles. The van der Waals surface area contributed by atoms with Gasteiger partial charge in [0.25, 0.3) is 5.91 Å². The quantitative estimate of drug-likeness (QED) is 0.713. The second kappa shape index (κ2) is 9.23. The van der Waals surface area contributed by atoms with Gasteiger partial charge >= 0.3 is 0 Å². The molecule has 9 nitrogen and oxygen atoms in total. The van der Waals surface area contributed by atoms with Gasteiger partial charge in [-0.25, -0.2) is 4.98 Å². The minimum absolute atomic E-state index is 0.104. The molecule has 3 amide bonds. The average Bonchev–Trinajstić information content (AvgIpc) is 3.07. The molecule has 0 unspecified atom stereocenters. The van der Waals surface area contributed by atoms with E-state index in [1.165, 1.54) is 30.6 Å². The summed E-state index contributed by atoms with van der Waals surface area (Å²) in [5.41, 5.74) is 0.195. The van der Waals surface area contributed by atoms with Gasteiger partial charge in [0.05, 0.1) is 6.20 Å². The van der Waals surface area contributed by atoms with Gasteiger partial charge in [0.1, 0.15) is 18.3 Å². The van der Waals surface area contributed by atoms with E-state index >= 15 is 0 Å². The highest BCUT2D eigenvalue weighted by Crippen LogP contribution is 2.21. The third kappa shape index (κ3) is 4.54. The first-order valence-electron chi connectivity index (χ1n) is 8.65. The lowest BCUT2D eigenvalue weighted by Gasteiger charge is -2.28. The fourth-order valence-corrected chi connectivity index (χ4v) is 3.08. The van der Waals surface area contributed by atoms with Crippen LogP contribution in [0.5, 0.6) is 0 Å². The maximum atomic E-state index is 12.8. The summed E-state index contributed by atoms with van der Waals surface area (Å²) in [6.07, 6.45) is 4.65. The van der Waals surface area contributed by atoms with Crippen molar-refractivity contribution in [3.8, 4) is 0 Å². The lowest BCUT2D eigenvalue weighted by atomic mass is 10.1. The zero-order chi connectivity index (χ0) is 19.1. The second-order valence-corrected chi connectivity index (χ2v) is 6.00. The summed E-state index contributed by atoms with van der Waals surface area (Å²) >= 11 is 0. The van der Waals surface area contributed by atoms with E-state index in [0.29, 0.717) is 19.5 Å². The van der Waals surface area contributed by atoms with Gasteiger partial charge in [-0.05, 0) is 20.3 Å². The number of likely N-dealkylation sites (tertiary alicyclic amines) is 1. The molecule has 142 valence electrons. The minimum atomic E-state index is -0.607. The molecule has 1 N–H and O–H groups in total. The molecule has 0 spiro atoms. The van der Waals surface area contributed by atoms with Crippen LogP contribution in [0.1, 0.15) is 30.8 Å². The topological polar surface area (TPSA) is 105 Å². The highest BCUT2D eigenvalue weighted by molar-refractivity contribution is 5.93. The number of hydrogen-bond acceptors (Lipinski definition) is 6. The Morgan fingerprint density at radius 3 is 2.62 bits per heavy atom. The van der Waals surface area contributed by atoms with Gasteiger partial charge in [-0.15, -0.1) is 0 Å². The van der Waals surface area contributed by atoms with E-state index in [4.69, 9.17) is 4.74 Å². The van der Waals surface area contributed by atoms with Crippen molar-refractivity contribution in [2.24, 2.45) is 0 Å². The number of nitrogens with one attached hydrogen (secondary N) is 1. The van der Waals surface area contributed by atoms with Crippen LogP contribution in [0, 0.1) is 0 Å². The predicted molar refractivity (Wildman–Crippen MR) is 93.2 cm³/mol. The van der Waals surface area contributed by atoms with Gasteiger partial charge in [0.15, 0.2) is 0 Å². The van der Waals surface area contributed by atoms with E-state index in [-0.39, 0.29) is 42.6 Å². The van der Waals surface area contributed by atoms with Crippen molar-refractivity contribution < 1.29 is 19.1 Å². The van der Waals surface area contributed by atoms with Crippen LogP contribution in [0.25, 0.3) is 0 Å². The number of amides is 3. The van der Waals surface area contributed by atoms with E-state index < -0.39 is 6.04 Å². The zero-order valence-electron chi connectivity index (χ0n) is 15.3. The molecule has 1 aliphatic rings. The molecule has 2 atom stereocenters. The average molecular weight is 363 g/mol. The molecule has 9 heteroatoms. The highest BCUT2D eigenvalue weighted by Gasteiger charge is 2.41. The number of methoxy groups -OCH3 is 1. The van der Waals surface area contributed by atoms with Crippen LogP contribution < -0.4 is 5.32 Å². The zero-order valence-corrected chi connectivity index (χ0v) is 15.3. The summed E-state index contributed by atoms with van der Waals surface area (Å²) in [4.78, 5) is 48.4. The maximum Gasteiger partial charge on any atom is 0.271 e. The molecule has 1 fully saturated rings. The summed E-state index contributed by atoms with van der Waals surface area (Å²) in [5, 5.41) is 2.84. The minimum Gasteiger partial charge on any atom is -0.375 e. The largest absolute Gasteiger partial charge is 0.375 e. The Kier molecular flexibility index (Phi) is 7.02. The van der Waals surface area contributed by atoms with Crippen molar-refractivity contribution in [3.63, 3.8) is 0 Å². The molecular weight excluding hydrogens is 338 g/mol. The van der Waals surface area contributed by atoms with Gasteiger partial charge in [-0.2, -0.15) is 0 Å². The molecule has 2 rings (SSSR count). The molecule has 1 aromatic rings. The molecule has 1 aliphatic heterocycles. The maximum absolute atomic E-state index is 12.8. The smallest absolute Gasteiger partial charge is 0.271 e. The molecule has 1 saturated heterocycles. The Hall–Kier alpha value is -2.55. The lowest BCUT2D eigenvalue weighted by Crippen LogP contribution is -2.48. The van der Waals surface area contributed by atoms with E-state index in [2.05, 4.69) is 15.3 Å². The van der Waals surface area contributed by atoms with E-state index in [1.54, 1.807) is 4.90 Å². The Morgan fingerprint density at radius 2 is 2.04 bits per heavy atom.